The van der Waals surface area contributed by atoms with Gasteiger partial charge in [-0.1, -0.05) is 30.0 Å². The van der Waals surface area contributed by atoms with Crippen LogP contribution in [0.15, 0.2) is 23.1 Å². The van der Waals surface area contributed by atoms with Crippen LogP contribution in [0.25, 0.3) is 0 Å². The monoisotopic (exact) mass is 183 g/mol. The summed E-state index contributed by atoms with van der Waals surface area (Å²) in [4.78, 5) is 11.8. The number of hydrogen-bond acceptors (Lipinski definition) is 3. The zero-order valence-corrected chi connectivity index (χ0v) is 7.17. The Morgan fingerprint density at radius 3 is 3.25 bits per heavy atom. The van der Waals surface area contributed by atoms with E-state index in [0.717, 1.165) is 11.3 Å². The minimum absolute atomic E-state index is 0.237. The molecule has 64 valence electrons. The molecule has 0 saturated carbocycles. The van der Waals surface area contributed by atoms with Gasteiger partial charge >= 0.3 is 5.97 Å². The summed E-state index contributed by atoms with van der Waals surface area (Å²) in [6.07, 6.45) is 6.91. The van der Waals surface area contributed by atoms with E-state index in [-0.39, 0.29) is 6.04 Å². The number of rotatable bonds is 1. The fourth-order valence-electron chi connectivity index (χ4n) is 1.36. The maximum atomic E-state index is 10.6. The Bertz CT molecular complexity index is 272. The van der Waals surface area contributed by atoms with Crippen molar-refractivity contribution in [1.29, 1.82) is 0 Å². The van der Waals surface area contributed by atoms with E-state index in [0.29, 0.717) is 0 Å². The molecule has 1 fully saturated rings. The van der Waals surface area contributed by atoms with Gasteiger partial charge in [-0.3, -0.25) is 5.32 Å². The number of fused-ring (bicyclic) bond motifs is 1. The molecule has 0 radical (unpaired) electrons. The largest absolute Gasteiger partial charge is 0.479 e. The van der Waals surface area contributed by atoms with Crippen molar-refractivity contribution in [2.75, 3.05) is 0 Å². The molecule has 1 aliphatic heterocycles. The average molecular weight is 183 g/mol. The minimum Gasteiger partial charge on any atom is -0.479 e. The zero-order chi connectivity index (χ0) is 8.55. The summed E-state index contributed by atoms with van der Waals surface area (Å²) >= 11 is 1.40. The first kappa shape index (κ1) is 7.89. The standard InChI is InChI=1S/C8H9NO2S/c10-8(11)7-9-5-3-1-2-4-6(5)12-7/h1-2,4-5,7,9H,3H2,(H,10,11). The van der Waals surface area contributed by atoms with E-state index in [4.69, 9.17) is 5.11 Å². The van der Waals surface area contributed by atoms with Crippen molar-refractivity contribution >= 4 is 17.7 Å². The van der Waals surface area contributed by atoms with Crippen LogP contribution in [0.5, 0.6) is 0 Å². The highest BCUT2D eigenvalue weighted by atomic mass is 32.2. The van der Waals surface area contributed by atoms with Gasteiger partial charge in [-0.05, 0) is 6.42 Å². The molecule has 12 heavy (non-hydrogen) atoms. The van der Waals surface area contributed by atoms with Crippen LogP contribution in [0.1, 0.15) is 6.42 Å². The molecule has 1 aliphatic carbocycles. The second-order valence-electron chi connectivity index (χ2n) is 2.79. The third kappa shape index (κ3) is 1.28. The lowest BCUT2D eigenvalue weighted by molar-refractivity contribution is -0.136. The van der Waals surface area contributed by atoms with Crippen LogP contribution in [0.3, 0.4) is 0 Å². The van der Waals surface area contributed by atoms with Crippen LogP contribution in [-0.4, -0.2) is 22.5 Å². The summed E-state index contributed by atoms with van der Waals surface area (Å²) < 4.78 is 0. The van der Waals surface area contributed by atoms with Crippen molar-refractivity contribution in [3.8, 4) is 0 Å². The number of carboxylic acids is 1. The Morgan fingerprint density at radius 1 is 1.75 bits per heavy atom. The number of allylic oxidation sites excluding steroid dienone is 2. The number of nitrogens with one attached hydrogen (secondary N) is 1. The first-order valence-electron chi connectivity index (χ1n) is 3.79. The molecule has 2 unspecified atom stereocenters. The summed E-state index contributed by atoms with van der Waals surface area (Å²) in [5.74, 6) is -0.782. The number of carboxylic acid groups (broad SMARTS) is 1. The summed E-state index contributed by atoms with van der Waals surface area (Å²) in [6.45, 7) is 0. The van der Waals surface area contributed by atoms with Gasteiger partial charge in [-0.2, -0.15) is 0 Å². The van der Waals surface area contributed by atoms with Crippen molar-refractivity contribution in [1.82, 2.24) is 5.32 Å². The Labute approximate surface area is 74.5 Å². The molecule has 4 heteroatoms. The van der Waals surface area contributed by atoms with Gasteiger partial charge in [0.25, 0.3) is 0 Å². The normalized spacial score (nSPS) is 32.8. The van der Waals surface area contributed by atoms with Gasteiger partial charge in [-0.15, -0.1) is 0 Å². The topological polar surface area (TPSA) is 49.3 Å². The molecular formula is C8H9NO2S. The molecule has 2 atom stereocenters. The van der Waals surface area contributed by atoms with Crippen LogP contribution >= 0.6 is 11.8 Å². The highest BCUT2D eigenvalue weighted by Crippen LogP contribution is 2.34. The summed E-state index contributed by atoms with van der Waals surface area (Å²) in [5, 5.41) is 11.3. The van der Waals surface area contributed by atoms with E-state index >= 15 is 0 Å². The molecule has 3 nitrogen and oxygen atoms in total. The number of carbonyl (C=O) groups is 1. The van der Waals surface area contributed by atoms with Gasteiger partial charge in [0.2, 0.25) is 0 Å². The molecule has 0 aromatic rings. The van der Waals surface area contributed by atoms with E-state index in [1.807, 2.05) is 18.2 Å². The molecule has 0 amide bonds. The lowest BCUT2D eigenvalue weighted by atomic mass is 10.1. The Balaban J connectivity index is 2.12. The van der Waals surface area contributed by atoms with Gasteiger partial charge in [0, 0.05) is 10.9 Å². The quantitative estimate of drug-likeness (QED) is 0.635. The van der Waals surface area contributed by atoms with Crippen molar-refractivity contribution < 1.29 is 9.90 Å². The number of hydrogen-bond donors (Lipinski definition) is 2. The third-order valence-corrected chi connectivity index (χ3v) is 3.21. The molecule has 1 saturated heterocycles. The molecule has 2 aliphatic rings. The highest BCUT2D eigenvalue weighted by molar-refractivity contribution is 8.04. The molecule has 0 bridgehead atoms. The molecule has 2 rings (SSSR count). The van der Waals surface area contributed by atoms with Crippen molar-refractivity contribution in [2.24, 2.45) is 0 Å². The first-order valence-corrected chi connectivity index (χ1v) is 4.67. The minimum atomic E-state index is -0.782. The van der Waals surface area contributed by atoms with E-state index < -0.39 is 11.3 Å². The summed E-state index contributed by atoms with van der Waals surface area (Å²) in [5.41, 5.74) is 0. The van der Waals surface area contributed by atoms with E-state index in [1.54, 1.807) is 0 Å². The predicted octanol–water partition coefficient (Wildman–Crippen LogP) is 0.946. The molecule has 0 aromatic carbocycles. The Hall–Kier alpha value is -0.740. The van der Waals surface area contributed by atoms with Crippen LogP contribution < -0.4 is 5.32 Å². The fraction of sp³-hybridized carbons (Fsp3) is 0.375. The molecule has 2 N–H and O–H groups in total. The predicted molar refractivity (Wildman–Crippen MR) is 47.8 cm³/mol. The van der Waals surface area contributed by atoms with Crippen molar-refractivity contribution in [3.05, 3.63) is 23.1 Å². The molecule has 0 aromatic heterocycles. The summed E-state index contributed by atoms with van der Waals surface area (Å²) in [7, 11) is 0. The SMILES string of the molecule is O=C(O)C1NC2CC=CC=C2S1. The summed E-state index contributed by atoms with van der Waals surface area (Å²) in [6, 6.07) is 0.237. The Morgan fingerprint density at radius 2 is 2.58 bits per heavy atom. The fourth-order valence-corrected chi connectivity index (χ4v) is 2.45. The lowest BCUT2D eigenvalue weighted by Gasteiger charge is -2.10. The first-order chi connectivity index (χ1) is 5.77. The van der Waals surface area contributed by atoms with Gasteiger partial charge in [-0.25, -0.2) is 4.79 Å². The average Bonchev–Trinajstić information content (AvgIpc) is 2.46. The van der Waals surface area contributed by atoms with Crippen molar-refractivity contribution in [3.63, 3.8) is 0 Å². The zero-order valence-electron chi connectivity index (χ0n) is 6.36. The molecule has 1 heterocycles. The Kier molecular flexibility index (Phi) is 1.94. The third-order valence-electron chi connectivity index (χ3n) is 1.94. The molecular weight excluding hydrogens is 174 g/mol. The lowest BCUT2D eigenvalue weighted by Crippen LogP contribution is -2.34. The maximum Gasteiger partial charge on any atom is 0.331 e. The second kappa shape index (κ2) is 2.95. The van der Waals surface area contributed by atoms with E-state index in [9.17, 15) is 4.79 Å². The van der Waals surface area contributed by atoms with Gasteiger partial charge in [0.15, 0.2) is 5.37 Å². The van der Waals surface area contributed by atoms with Crippen LogP contribution in [0.4, 0.5) is 0 Å². The van der Waals surface area contributed by atoms with E-state index in [1.165, 1.54) is 11.8 Å². The van der Waals surface area contributed by atoms with E-state index in [2.05, 4.69) is 5.32 Å². The number of aliphatic carboxylic acids is 1. The smallest absolute Gasteiger partial charge is 0.331 e. The van der Waals surface area contributed by atoms with Crippen molar-refractivity contribution in [2.45, 2.75) is 17.8 Å². The highest BCUT2D eigenvalue weighted by Gasteiger charge is 2.33. The van der Waals surface area contributed by atoms with Crippen LogP contribution in [0.2, 0.25) is 0 Å². The van der Waals surface area contributed by atoms with Gasteiger partial charge in [0.1, 0.15) is 0 Å². The number of thioether (sulfide) groups is 1. The van der Waals surface area contributed by atoms with Gasteiger partial charge in [0.05, 0.1) is 0 Å². The molecule has 0 spiro atoms. The maximum absolute atomic E-state index is 10.6. The second-order valence-corrected chi connectivity index (χ2v) is 3.97. The van der Waals surface area contributed by atoms with Crippen LogP contribution in [0, 0.1) is 0 Å². The van der Waals surface area contributed by atoms with Crippen LogP contribution in [-0.2, 0) is 4.79 Å². The van der Waals surface area contributed by atoms with Gasteiger partial charge < -0.3 is 5.11 Å².